The molecule has 6 nitrogen and oxygen atoms in total. The highest BCUT2D eigenvalue weighted by Crippen LogP contribution is 2.67. The number of nitriles is 2. The highest BCUT2D eigenvalue weighted by Gasteiger charge is 2.75. The van der Waals surface area contributed by atoms with Gasteiger partial charge in [-0.3, -0.25) is 0 Å². The second-order valence-electron chi connectivity index (χ2n) is 11.2. The van der Waals surface area contributed by atoms with Crippen molar-refractivity contribution in [3.63, 3.8) is 0 Å². The lowest BCUT2D eigenvalue weighted by Crippen LogP contribution is -2.79. The smallest absolute Gasteiger partial charge is 0.140 e. The van der Waals surface area contributed by atoms with Crippen LogP contribution in [0.2, 0.25) is 0 Å². The van der Waals surface area contributed by atoms with Gasteiger partial charge >= 0.3 is 0 Å². The molecule has 0 amide bonds. The Kier molecular flexibility index (Phi) is 5.55. The fourth-order valence-corrected chi connectivity index (χ4v) is 7.83. The fraction of sp³-hybridized carbons (Fsp3) is 0.467. The van der Waals surface area contributed by atoms with Crippen molar-refractivity contribution in [2.24, 2.45) is 21.2 Å². The highest BCUT2D eigenvalue weighted by atomic mass is 32.1. The summed E-state index contributed by atoms with van der Waals surface area (Å²) in [5.41, 5.74) is 2.10. The Balaban J connectivity index is 1.52. The van der Waals surface area contributed by atoms with Crippen LogP contribution in [0.5, 0.6) is 0 Å². The van der Waals surface area contributed by atoms with Crippen molar-refractivity contribution < 1.29 is 0 Å². The topological polar surface area (TPSA) is 69.7 Å². The molecular formula is C30H32N6S. The average Bonchev–Trinajstić information content (AvgIpc) is 2.93. The summed E-state index contributed by atoms with van der Waals surface area (Å²) in [6, 6.07) is 22.4. The van der Waals surface area contributed by atoms with Crippen molar-refractivity contribution in [1.82, 2.24) is 4.90 Å². The molecule has 6 rings (SSSR count). The van der Waals surface area contributed by atoms with Gasteiger partial charge in [-0.05, 0) is 51.0 Å². The van der Waals surface area contributed by atoms with E-state index in [4.69, 9.17) is 17.2 Å². The maximum absolute atomic E-state index is 11.1. The number of aliphatic imine (C=N–C) groups is 1. The monoisotopic (exact) mass is 508 g/mol. The molecule has 3 fully saturated rings. The lowest BCUT2D eigenvalue weighted by Gasteiger charge is -2.68. The molecule has 37 heavy (non-hydrogen) atoms. The van der Waals surface area contributed by atoms with Gasteiger partial charge in [-0.2, -0.15) is 10.5 Å². The van der Waals surface area contributed by atoms with Crippen LogP contribution in [0, 0.1) is 52.8 Å². The number of thiocarbonyl (C=S) groups is 1. The van der Waals surface area contributed by atoms with Crippen molar-refractivity contribution in [1.29, 1.82) is 10.5 Å². The van der Waals surface area contributed by atoms with E-state index < -0.39 is 16.2 Å². The third kappa shape index (κ3) is 3.20. The summed E-state index contributed by atoms with van der Waals surface area (Å²) in [5.74, 6) is 0.771. The first-order valence-corrected chi connectivity index (χ1v) is 13.6. The summed E-state index contributed by atoms with van der Waals surface area (Å²) in [7, 11) is 0. The Morgan fingerprint density at radius 1 is 0.784 bits per heavy atom. The van der Waals surface area contributed by atoms with Crippen molar-refractivity contribution in [3.8, 4) is 12.1 Å². The van der Waals surface area contributed by atoms with Crippen LogP contribution in [-0.2, 0) is 0 Å². The van der Waals surface area contributed by atoms with E-state index in [1.165, 1.54) is 11.1 Å². The van der Waals surface area contributed by atoms with Crippen LogP contribution in [0.3, 0.4) is 0 Å². The Bertz CT molecular complexity index is 1340. The third-order valence-corrected chi connectivity index (χ3v) is 9.90. The number of hydrogen-bond donors (Lipinski definition) is 0. The van der Waals surface area contributed by atoms with E-state index in [9.17, 15) is 10.5 Å². The number of fused-ring (bicyclic) bond motifs is 2. The lowest BCUT2D eigenvalue weighted by molar-refractivity contribution is -0.0223. The summed E-state index contributed by atoms with van der Waals surface area (Å²) in [5, 5.41) is 22.2. The Hall–Kier alpha value is -3.42. The lowest BCUT2D eigenvalue weighted by atomic mass is 9.42. The molecule has 0 radical (unpaired) electrons. The molecule has 2 aromatic carbocycles. The van der Waals surface area contributed by atoms with E-state index in [1.54, 1.807) is 0 Å². The Labute approximate surface area is 224 Å². The molecule has 1 spiro atoms. The molecular weight excluding hydrogens is 476 g/mol. The molecule has 3 aliphatic heterocycles. The molecule has 4 aliphatic rings. The van der Waals surface area contributed by atoms with Crippen molar-refractivity contribution in [2.45, 2.75) is 46.0 Å². The average molecular weight is 509 g/mol. The number of aryl methyl sites for hydroxylation is 2. The molecule has 2 aromatic rings. The normalized spacial score (nSPS) is 28.3. The first-order valence-electron chi connectivity index (χ1n) is 13.2. The van der Waals surface area contributed by atoms with Crippen LogP contribution in [-0.4, -0.2) is 42.2 Å². The summed E-state index contributed by atoms with van der Waals surface area (Å²) in [6.07, 6.45) is 4.84. The first kappa shape index (κ1) is 23.9. The summed E-state index contributed by atoms with van der Waals surface area (Å²) in [6.45, 7) is 6.16. The van der Waals surface area contributed by atoms with Gasteiger partial charge in [-0.25, -0.2) is 4.99 Å². The first-order chi connectivity index (χ1) is 17.9. The second kappa shape index (κ2) is 8.57. The zero-order valence-corrected chi connectivity index (χ0v) is 22.4. The fourth-order valence-electron chi connectivity index (χ4n) is 7.38. The number of rotatable bonds is 2. The standard InChI is InChI=1S/C30H32N6S/c1-22-6-10-24(11-7-22)34-18-28(16-31)26-33-20-35(25-12-8-23(2)9-13-25)21-36(26)27(37)29(17-32,19-34)30(28)14-4-3-5-15-30/h6-13H,3-5,14-15,18-21H2,1-2H3/t28-,29+/m1/s1. The number of anilines is 2. The van der Waals surface area contributed by atoms with Crippen molar-refractivity contribution in [2.75, 3.05) is 36.2 Å². The third-order valence-electron chi connectivity index (χ3n) is 9.33. The predicted molar refractivity (Wildman–Crippen MR) is 150 cm³/mol. The van der Waals surface area contributed by atoms with Crippen LogP contribution in [0.15, 0.2) is 53.5 Å². The largest absolute Gasteiger partial charge is 0.367 e. The van der Waals surface area contributed by atoms with Crippen LogP contribution in [0.4, 0.5) is 11.4 Å². The van der Waals surface area contributed by atoms with E-state index in [0.717, 1.165) is 49.3 Å². The van der Waals surface area contributed by atoms with Crippen LogP contribution < -0.4 is 9.80 Å². The quantitative estimate of drug-likeness (QED) is 0.494. The Morgan fingerprint density at radius 3 is 1.89 bits per heavy atom. The summed E-state index contributed by atoms with van der Waals surface area (Å²) < 4.78 is 0. The van der Waals surface area contributed by atoms with Crippen LogP contribution in [0.25, 0.3) is 0 Å². The minimum atomic E-state index is -0.947. The van der Waals surface area contributed by atoms with Crippen LogP contribution in [0.1, 0.15) is 43.2 Å². The van der Waals surface area contributed by atoms with Gasteiger partial charge in [0.15, 0.2) is 0 Å². The predicted octanol–water partition coefficient (Wildman–Crippen LogP) is 5.57. The van der Waals surface area contributed by atoms with Gasteiger partial charge in [0, 0.05) is 29.9 Å². The van der Waals surface area contributed by atoms with Gasteiger partial charge in [-0.1, -0.05) is 66.9 Å². The van der Waals surface area contributed by atoms with Gasteiger partial charge in [0.25, 0.3) is 0 Å². The maximum atomic E-state index is 11.1. The van der Waals surface area contributed by atoms with E-state index in [1.807, 2.05) is 4.90 Å². The zero-order chi connectivity index (χ0) is 25.8. The van der Waals surface area contributed by atoms with Crippen molar-refractivity contribution in [3.05, 3.63) is 59.7 Å². The van der Waals surface area contributed by atoms with Gasteiger partial charge in [0.05, 0.1) is 18.8 Å². The van der Waals surface area contributed by atoms with E-state index in [0.29, 0.717) is 31.4 Å². The summed E-state index contributed by atoms with van der Waals surface area (Å²) in [4.78, 5) is 12.2. The van der Waals surface area contributed by atoms with Crippen molar-refractivity contribution >= 4 is 34.4 Å². The molecule has 7 heteroatoms. The second-order valence-corrected chi connectivity index (χ2v) is 11.6. The SMILES string of the molecule is Cc1ccc(N2CN=C3N(C2)C(=S)[C@]2(C#N)CN(c4ccc(C)cc4)C[C@@]3(C#N)C23CCCCC3)cc1. The Morgan fingerprint density at radius 2 is 1.32 bits per heavy atom. The number of amidine groups is 1. The van der Waals surface area contributed by atoms with E-state index in [2.05, 4.69) is 84.3 Å². The molecule has 2 saturated heterocycles. The number of piperidine rings is 2. The maximum Gasteiger partial charge on any atom is 0.140 e. The highest BCUT2D eigenvalue weighted by molar-refractivity contribution is 7.80. The number of hydrogen-bond acceptors (Lipinski definition) is 6. The van der Waals surface area contributed by atoms with Crippen LogP contribution >= 0.6 is 12.2 Å². The molecule has 3 heterocycles. The van der Waals surface area contributed by atoms with E-state index >= 15 is 0 Å². The minimum Gasteiger partial charge on any atom is -0.367 e. The molecule has 0 N–H and O–H groups in total. The molecule has 1 saturated carbocycles. The molecule has 1 aliphatic carbocycles. The minimum absolute atomic E-state index is 0.473. The molecule has 0 aromatic heterocycles. The zero-order valence-electron chi connectivity index (χ0n) is 21.6. The summed E-state index contributed by atoms with van der Waals surface area (Å²) >= 11 is 6.28. The van der Waals surface area contributed by atoms with Gasteiger partial charge in [-0.15, -0.1) is 0 Å². The molecule has 2 bridgehead atoms. The molecule has 0 unspecified atom stereocenters. The van der Waals surface area contributed by atoms with Gasteiger partial charge < -0.3 is 14.7 Å². The van der Waals surface area contributed by atoms with E-state index in [-0.39, 0.29) is 0 Å². The molecule has 2 atom stereocenters. The van der Waals surface area contributed by atoms with Gasteiger partial charge in [0.2, 0.25) is 0 Å². The number of benzene rings is 2. The molecule has 188 valence electrons. The van der Waals surface area contributed by atoms with Gasteiger partial charge in [0.1, 0.15) is 28.3 Å². The number of nitrogens with zero attached hydrogens (tertiary/aromatic N) is 6.